The number of nitrogens with zero attached hydrogens (tertiary/aromatic N) is 4. The van der Waals surface area contributed by atoms with Gasteiger partial charge in [-0.2, -0.15) is 15.1 Å². The van der Waals surface area contributed by atoms with E-state index in [1.807, 2.05) is 13.0 Å². The summed E-state index contributed by atoms with van der Waals surface area (Å²) in [5.41, 5.74) is 3.68. The Morgan fingerprint density at radius 1 is 0.979 bits per heavy atom. The molecular weight excluding hydrogens is 593 g/mol. The van der Waals surface area contributed by atoms with Crippen LogP contribution in [0, 0.1) is 11.2 Å². The number of H-pyrrole nitrogens is 1. The number of unbranched alkanes of at least 4 members (excludes halogenated alkanes) is 3. The van der Waals surface area contributed by atoms with Gasteiger partial charge in [0.1, 0.15) is 17.4 Å². The van der Waals surface area contributed by atoms with Crippen LogP contribution in [-0.2, 0) is 11.2 Å². The van der Waals surface area contributed by atoms with Crippen LogP contribution < -0.4 is 9.64 Å². The maximum absolute atomic E-state index is 15.2. The Kier molecular flexibility index (Phi) is 10.1. The topological polar surface area (TPSA) is 96.4 Å². The molecular formula is C38H48FN5O3. The lowest BCUT2D eigenvalue weighted by molar-refractivity contribution is 0.126. The van der Waals surface area contributed by atoms with Crippen molar-refractivity contribution < 1.29 is 19.0 Å². The number of aryl methyl sites for hydroxylation is 1. The minimum absolute atomic E-state index is 0.0275. The second kappa shape index (κ2) is 14.4. The standard InChI is InChI=1S/C38H48FN5O3/c1-5-8-10-15-38(4,14-9-6-2)24-47-37-41-32-22-28(29-21-26(45)20-25-12-13-31(39)27(7-3)33(25)29)30-23-40-43-35(30)34(32)36(42-37)44-16-11-18-46-19-17-44/h12-13,20-23,45H,5-11,14-19,24H2,1-4H3,(H,40,43). The van der Waals surface area contributed by atoms with Crippen molar-refractivity contribution in [2.75, 3.05) is 37.8 Å². The lowest BCUT2D eigenvalue weighted by Crippen LogP contribution is -2.28. The van der Waals surface area contributed by atoms with Gasteiger partial charge >= 0.3 is 6.01 Å². The number of hydrogen-bond acceptors (Lipinski definition) is 7. The van der Waals surface area contributed by atoms with E-state index in [0.29, 0.717) is 49.9 Å². The Bertz CT molecular complexity index is 1850. The summed E-state index contributed by atoms with van der Waals surface area (Å²) in [5.74, 6) is 0.646. The Hall–Kier alpha value is -3.98. The number of benzene rings is 3. The Morgan fingerprint density at radius 2 is 1.81 bits per heavy atom. The highest BCUT2D eigenvalue weighted by molar-refractivity contribution is 6.17. The zero-order chi connectivity index (χ0) is 33.0. The predicted octanol–water partition coefficient (Wildman–Crippen LogP) is 9.12. The maximum Gasteiger partial charge on any atom is 0.318 e. The van der Waals surface area contributed by atoms with Crippen LogP contribution in [-0.4, -0.2) is 58.2 Å². The summed E-state index contributed by atoms with van der Waals surface area (Å²) in [6.07, 6.45) is 11.3. The van der Waals surface area contributed by atoms with Gasteiger partial charge in [0.05, 0.1) is 35.8 Å². The smallest absolute Gasteiger partial charge is 0.318 e. The molecule has 0 bridgehead atoms. The van der Waals surface area contributed by atoms with Crippen LogP contribution in [0.3, 0.4) is 0 Å². The van der Waals surface area contributed by atoms with E-state index in [0.717, 1.165) is 82.7 Å². The Labute approximate surface area is 276 Å². The van der Waals surface area contributed by atoms with Crippen molar-refractivity contribution in [2.24, 2.45) is 5.41 Å². The SMILES string of the molecule is CCCCCC(C)(CCCC)COc1nc(N2CCCOCC2)c2c(cc(-c3cc(O)cc4ccc(F)c(CC)c34)c3cn[nH]c32)n1. The minimum Gasteiger partial charge on any atom is -0.508 e. The van der Waals surface area contributed by atoms with Crippen molar-refractivity contribution in [2.45, 2.75) is 85.5 Å². The fraction of sp³-hybridized carbons (Fsp3) is 0.500. The third kappa shape index (κ3) is 6.86. The summed E-state index contributed by atoms with van der Waals surface area (Å²) in [4.78, 5) is 12.4. The van der Waals surface area contributed by atoms with Gasteiger partial charge in [-0.1, -0.05) is 65.9 Å². The molecule has 1 saturated heterocycles. The lowest BCUT2D eigenvalue weighted by Gasteiger charge is -2.29. The first-order chi connectivity index (χ1) is 22.9. The number of fused-ring (bicyclic) bond motifs is 4. The number of phenols is 1. The largest absolute Gasteiger partial charge is 0.508 e. The molecule has 6 rings (SSSR count). The molecule has 0 aliphatic carbocycles. The number of phenolic OH excluding ortho intramolecular Hbond substituents is 1. The van der Waals surface area contributed by atoms with E-state index in [1.165, 1.54) is 25.3 Å². The molecule has 0 spiro atoms. The Morgan fingerprint density at radius 3 is 2.62 bits per heavy atom. The molecule has 1 atom stereocenters. The van der Waals surface area contributed by atoms with Crippen molar-refractivity contribution in [3.63, 3.8) is 0 Å². The number of aromatic hydroxyl groups is 1. The van der Waals surface area contributed by atoms with E-state index >= 15 is 4.39 Å². The monoisotopic (exact) mass is 641 g/mol. The number of aromatic amines is 1. The highest BCUT2D eigenvalue weighted by Crippen LogP contribution is 2.43. The van der Waals surface area contributed by atoms with Gasteiger partial charge in [0.25, 0.3) is 0 Å². The molecule has 3 heterocycles. The molecule has 0 amide bonds. The van der Waals surface area contributed by atoms with E-state index in [1.54, 1.807) is 24.4 Å². The van der Waals surface area contributed by atoms with Crippen LogP contribution in [0.25, 0.3) is 43.7 Å². The summed E-state index contributed by atoms with van der Waals surface area (Å²) in [6, 6.07) is 8.98. The molecule has 47 heavy (non-hydrogen) atoms. The van der Waals surface area contributed by atoms with E-state index in [4.69, 9.17) is 19.4 Å². The second-order valence-corrected chi connectivity index (χ2v) is 13.4. The average molecular weight is 642 g/mol. The third-order valence-corrected chi connectivity index (χ3v) is 9.74. The van der Waals surface area contributed by atoms with Crippen LogP contribution in [0.1, 0.15) is 84.6 Å². The molecule has 1 aliphatic rings. The number of halogens is 1. The van der Waals surface area contributed by atoms with Crippen molar-refractivity contribution in [3.8, 4) is 22.9 Å². The first-order valence-corrected chi connectivity index (χ1v) is 17.4. The number of rotatable bonds is 13. The van der Waals surface area contributed by atoms with E-state index in [9.17, 15) is 5.11 Å². The minimum atomic E-state index is -0.259. The predicted molar refractivity (Wildman–Crippen MR) is 188 cm³/mol. The van der Waals surface area contributed by atoms with Gasteiger partial charge in [0, 0.05) is 30.5 Å². The van der Waals surface area contributed by atoms with Gasteiger partial charge < -0.3 is 19.5 Å². The lowest BCUT2D eigenvalue weighted by atomic mass is 9.81. The molecule has 0 saturated carbocycles. The van der Waals surface area contributed by atoms with Gasteiger partial charge in [-0.15, -0.1) is 0 Å². The van der Waals surface area contributed by atoms with Gasteiger partial charge in [-0.25, -0.2) is 4.39 Å². The van der Waals surface area contributed by atoms with Gasteiger partial charge in [0.15, 0.2) is 0 Å². The van der Waals surface area contributed by atoms with E-state index < -0.39 is 0 Å². The molecule has 2 aromatic heterocycles. The quantitative estimate of drug-likeness (QED) is 0.124. The summed E-state index contributed by atoms with van der Waals surface area (Å²) < 4.78 is 27.6. The van der Waals surface area contributed by atoms with E-state index in [-0.39, 0.29) is 17.0 Å². The summed E-state index contributed by atoms with van der Waals surface area (Å²) >= 11 is 0. The molecule has 9 heteroatoms. The fourth-order valence-electron chi connectivity index (χ4n) is 7.13. The van der Waals surface area contributed by atoms with Crippen LogP contribution >= 0.6 is 0 Å². The third-order valence-electron chi connectivity index (χ3n) is 9.74. The number of anilines is 1. The van der Waals surface area contributed by atoms with Crippen molar-refractivity contribution in [1.82, 2.24) is 20.2 Å². The molecule has 1 unspecified atom stereocenters. The van der Waals surface area contributed by atoms with Gasteiger partial charge in [-0.05, 0) is 77.4 Å². The molecule has 1 aliphatic heterocycles. The van der Waals surface area contributed by atoms with Crippen molar-refractivity contribution in [3.05, 3.63) is 47.9 Å². The van der Waals surface area contributed by atoms with E-state index in [2.05, 4.69) is 35.9 Å². The van der Waals surface area contributed by atoms with Crippen LogP contribution in [0.15, 0.2) is 36.5 Å². The summed E-state index contributed by atoms with van der Waals surface area (Å²) in [5, 5.41) is 21.8. The Balaban J connectivity index is 1.53. The zero-order valence-corrected chi connectivity index (χ0v) is 28.3. The normalized spacial score (nSPS) is 15.4. The first-order valence-electron chi connectivity index (χ1n) is 17.4. The maximum atomic E-state index is 15.2. The zero-order valence-electron chi connectivity index (χ0n) is 28.3. The fourth-order valence-corrected chi connectivity index (χ4v) is 7.13. The molecule has 2 N–H and O–H groups in total. The van der Waals surface area contributed by atoms with Gasteiger partial charge in [-0.3, -0.25) is 5.10 Å². The molecule has 1 fully saturated rings. The highest BCUT2D eigenvalue weighted by Gasteiger charge is 2.27. The van der Waals surface area contributed by atoms with Crippen LogP contribution in [0.2, 0.25) is 0 Å². The first kappa shape index (κ1) is 32.9. The number of hydrogen-bond donors (Lipinski definition) is 2. The molecule has 0 radical (unpaired) electrons. The summed E-state index contributed by atoms with van der Waals surface area (Å²) in [6.45, 7) is 12.1. The van der Waals surface area contributed by atoms with Crippen molar-refractivity contribution >= 4 is 38.4 Å². The van der Waals surface area contributed by atoms with Crippen molar-refractivity contribution in [1.29, 1.82) is 0 Å². The molecule has 8 nitrogen and oxygen atoms in total. The second-order valence-electron chi connectivity index (χ2n) is 13.4. The van der Waals surface area contributed by atoms with Crippen LogP contribution in [0.5, 0.6) is 11.8 Å². The number of aromatic nitrogens is 4. The number of nitrogens with one attached hydrogen (secondary N) is 1. The van der Waals surface area contributed by atoms with Gasteiger partial charge in [0.2, 0.25) is 0 Å². The highest BCUT2D eigenvalue weighted by atomic mass is 19.1. The molecule has 5 aromatic rings. The summed E-state index contributed by atoms with van der Waals surface area (Å²) in [7, 11) is 0. The van der Waals surface area contributed by atoms with Crippen LogP contribution in [0.4, 0.5) is 10.2 Å². The molecule has 3 aromatic carbocycles. The number of ether oxygens (including phenoxy) is 2. The average Bonchev–Trinajstić information content (AvgIpc) is 3.40. The molecule has 250 valence electrons.